The molecular weight excluding hydrogens is 300 g/mol. The van der Waals surface area contributed by atoms with E-state index in [-0.39, 0.29) is 30.9 Å². The summed E-state index contributed by atoms with van der Waals surface area (Å²) < 4.78 is 15.9. The van der Waals surface area contributed by atoms with Gasteiger partial charge in [0.25, 0.3) is 0 Å². The van der Waals surface area contributed by atoms with Crippen LogP contribution in [0.5, 0.6) is 0 Å². The average molecular weight is 330 g/mol. The molecule has 23 heavy (non-hydrogen) atoms. The first kappa shape index (κ1) is 21.4. The lowest BCUT2D eigenvalue weighted by Gasteiger charge is -2.26. The maximum absolute atomic E-state index is 11.8. The highest BCUT2D eigenvalue weighted by Crippen LogP contribution is 2.13. The molecule has 0 saturated heterocycles. The van der Waals surface area contributed by atoms with E-state index in [9.17, 15) is 14.4 Å². The summed E-state index contributed by atoms with van der Waals surface area (Å²) in [6, 6.07) is 0. The van der Waals surface area contributed by atoms with E-state index in [1.807, 2.05) is 27.7 Å². The summed E-state index contributed by atoms with van der Waals surface area (Å²) in [5, 5.41) is 0. The Balaban J connectivity index is 4.78. The van der Waals surface area contributed by atoms with Gasteiger partial charge in [-0.05, 0) is 25.7 Å². The second-order valence-corrected chi connectivity index (χ2v) is 5.40. The van der Waals surface area contributed by atoms with Crippen molar-refractivity contribution in [2.24, 2.45) is 0 Å². The molecule has 0 saturated carbocycles. The Hall–Kier alpha value is -1.59. The zero-order chi connectivity index (χ0) is 17.7. The van der Waals surface area contributed by atoms with Crippen LogP contribution in [0.25, 0.3) is 0 Å². The van der Waals surface area contributed by atoms with Crippen LogP contribution in [0.4, 0.5) is 0 Å². The Morgan fingerprint density at radius 3 is 1.57 bits per heavy atom. The van der Waals surface area contributed by atoms with Crippen LogP contribution in [0, 0.1) is 0 Å². The van der Waals surface area contributed by atoms with Crippen LogP contribution in [0.3, 0.4) is 0 Å². The van der Waals surface area contributed by atoms with Crippen LogP contribution in [0.2, 0.25) is 0 Å². The van der Waals surface area contributed by atoms with Crippen molar-refractivity contribution in [1.82, 2.24) is 0 Å². The third-order valence-corrected chi connectivity index (χ3v) is 3.15. The molecule has 0 aliphatic heterocycles. The minimum Gasteiger partial charge on any atom is -0.462 e. The standard InChI is InChI=1S/C17H30O6/c1-5-9-15(18)21-12-14(23-17(20)11-7-3)13(8-4)22-16(19)10-6-2/h13-14H,5-12H2,1-4H3. The van der Waals surface area contributed by atoms with Gasteiger partial charge in [0, 0.05) is 19.3 Å². The van der Waals surface area contributed by atoms with E-state index < -0.39 is 12.2 Å². The summed E-state index contributed by atoms with van der Waals surface area (Å²) in [5.41, 5.74) is 0. The van der Waals surface area contributed by atoms with Crippen molar-refractivity contribution in [2.45, 2.75) is 84.8 Å². The minimum absolute atomic E-state index is 0.0911. The molecule has 6 heteroatoms. The number of esters is 3. The zero-order valence-corrected chi connectivity index (χ0v) is 14.8. The van der Waals surface area contributed by atoms with Crippen LogP contribution in [-0.4, -0.2) is 36.7 Å². The molecule has 0 N–H and O–H groups in total. The fourth-order valence-corrected chi connectivity index (χ4v) is 1.95. The normalized spacial score (nSPS) is 13.0. The molecule has 0 aliphatic rings. The zero-order valence-electron chi connectivity index (χ0n) is 14.8. The van der Waals surface area contributed by atoms with Gasteiger partial charge in [0.05, 0.1) is 0 Å². The highest BCUT2D eigenvalue weighted by atomic mass is 16.6. The van der Waals surface area contributed by atoms with Crippen molar-refractivity contribution in [3.63, 3.8) is 0 Å². The second-order valence-electron chi connectivity index (χ2n) is 5.40. The van der Waals surface area contributed by atoms with Gasteiger partial charge in [-0.15, -0.1) is 0 Å². The van der Waals surface area contributed by atoms with Gasteiger partial charge in [0.1, 0.15) is 12.7 Å². The lowest BCUT2D eigenvalue weighted by atomic mass is 10.1. The predicted molar refractivity (Wildman–Crippen MR) is 85.7 cm³/mol. The van der Waals surface area contributed by atoms with Gasteiger partial charge < -0.3 is 14.2 Å². The summed E-state index contributed by atoms with van der Waals surface area (Å²) in [6.45, 7) is 7.37. The fraction of sp³-hybridized carbons (Fsp3) is 0.824. The largest absolute Gasteiger partial charge is 0.462 e. The number of hydrogen-bond donors (Lipinski definition) is 0. The van der Waals surface area contributed by atoms with Crippen molar-refractivity contribution in [1.29, 1.82) is 0 Å². The first-order chi connectivity index (χ1) is 11.0. The van der Waals surface area contributed by atoms with Crippen molar-refractivity contribution < 1.29 is 28.6 Å². The van der Waals surface area contributed by atoms with Crippen molar-refractivity contribution in [3.8, 4) is 0 Å². The van der Waals surface area contributed by atoms with E-state index in [1.165, 1.54) is 0 Å². The Labute approximate surface area is 138 Å². The molecule has 134 valence electrons. The summed E-state index contributed by atoms with van der Waals surface area (Å²) in [7, 11) is 0. The van der Waals surface area contributed by atoms with E-state index in [2.05, 4.69) is 0 Å². The summed E-state index contributed by atoms with van der Waals surface area (Å²) in [6.07, 6.45) is 2.02. The maximum Gasteiger partial charge on any atom is 0.306 e. The van der Waals surface area contributed by atoms with Crippen LogP contribution in [0.1, 0.15) is 72.6 Å². The van der Waals surface area contributed by atoms with Gasteiger partial charge in [-0.2, -0.15) is 0 Å². The van der Waals surface area contributed by atoms with E-state index in [0.717, 1.165) is 0 Å². The molecule has 0 heterocycles. The molecule has 0 aromatic rings. The van der Waals surface area contributed by atoms with Crippen LogP contribution in [0.15, 0.2) is 0 Å². The van der Waals surface area contributed by atoms with Crippen molar-refractivity contribution in [2.75, 3.05) is 6.61 Å². The molecule has 0 amide bonds. The Morgan fingerprint density at radius 2 is 1.13 bits per heavy atom. The maximum atomic E-state index is 11.8. The number of ether oxygens (including phenoxy) is 3. The predicted octanol–water partition coefficient (Wildman–Crippen LogP) is 3.16. The fourth-order valence-electron chi connectivity index (χ4n) is 1.95. The minimum atomic E-state index is -0.763. The van der Waals surface area contributed by atoms with Gasteiger partial charge in [0.15, 0.2) is 6.10 Å². The number of carbonyl (C=O) groups excluding carboxylic acids is 3. The second kappa shape index (κ2) is 12.9. The molecule has 0 fully saturated rings. The quantitative estimate of drug-likeness (QED) is 0.404. The average Bonchev–Trinajstić information content (AvgIpc) is 2.50. The van der Waals surface area contributed by atoms with Gasteiger partial charge in [-0.1, -0.05) is 27.7 Å². The summed E-state index contributed by atoms with van der Waals surface area (Å²) in [5.74, 6) is -1.07. The molecule has 6 nitrogen and oxygen atoms in total. The first-order valence-electron chi connectivity index (χ1n) is 8.52. The third kappa shape index (κ3) is 9.92. The van der Waals surface area contributed by atoms with E-state index >= 15 is 0 Å². The summed E-state index contributed by atoms with van der Waals surface area (Å²) >= 11 is 0. The molecule has 0 rings (SSSR count). The Morgan fingerprint density at radius 1 is 0.696 bits per heavy atom. The molecule has 2 unspecified atom stereocenters. The molecule has 0 aliphatic carbocycles. The first-order valence-corrected chi connectivity index (χ1v) is 8.52. The third-order valence-electron chi connectivity index (χ3n) is 3.15. The highest BCUT2D eigenvalue weighted by Gasteiger charge is 2.28. The molecule has 0 aromatic heterocycles. The highest BCUT2D eigenvalue weighted by molar-refractivity contribution is 5.71. The smallest absolute Gasteiger partial charge is 0.306 e. The van der Waals surface area contributed by atoms with Gasteiger partial charge in [-0.3, -0.25) is 14.4 Å². The van der Waals surface area contributed by atoms with Crippen LogP contribution in [-0.2, 0) is 28.6 Å². The Bertz CT molecular complexity index is 366. The van der Waals surface area contributed by atoms with Crippen molar-refractivity contribution in [3.05, 3.63) is 0 Å². The van der Waals surface area contributed by atoms with Crippen molar-refractivity contribution >= 4 is 17.9 Å². The monoisotopic (exact) mass is 330 g/mol. The lowest BCUT2D eigenvalue weighted by Crippen LogP contribution is -2.39. The van der Waals surface area contributed by atoms with Crippen LogP contribution < -0.4 is 0 Å². The summed E-state index contributed by atoms with van der Waals surface area (Å²) in [4.78, 5) is 35.0. The molecular formula is C17H30O6. The van der Waals surface area contributed by atoms with Gasteiger partial charge in [-0.25, -0.2) is 0 Å². The Kier molecular flexibility index (Phi) is 12.0. The number of hydrogen-bond acceptors (Lipinski definition) is 6. The molecule has 2 atom stereocenters. The molecule has 0 spiro atoms. The van der Waals surface area contributed by atoms with E-state index in [1.54, 1.807) is 0 Å². The SMILES string of the molecule is CCCC(=O)OCC(OC(=O)CCC)C(CC)OC(=O)CCC. The topological polar surface area (TPSA) is 78.9 Å². The molecule has 0 aromatic carbocycles. The van der Waals surface area contributed by atoms with E-state index in [0.29, 0.717) is 38.5 Å². The molecule has 0 bridgehead atoms. The molecule has 0 radical (unpaired) electrons. The number of rotatable bonds is 12. The van der Waals surface area contributed by atoms with Crippen LogP contribution >= 0.6 is 0 Å². The van der Waals surface area contributed by atoms with Gasteiger partial charge in [0.2, 0.25) is 0 Å². The number of carbonyl (C=O) groups is 3. The lowest BCUT2D eigenvalue weighted by molar-refractivity contribution is -0.176. The van der Waals surface area contributed by atoms with E-state index in [4.69, 9.17) is 14.2 Å². The van der Waals surface area contributed by atoms with Gasteiger partial charge >= 0.3 is 17.9 Å².